The van der Waals surface area contributed by atoms with Gasteiger partial charge in [0.05, 0.1) is 0 Å². The zero-order valence-electron chi connectivity index (χ0n) is 10.8. The summed E-state index contributed by atoms with van der Waals surface area (Å²) >= 11 is 0. The van der Waals surface area contributed by atoms with E-state index in [1.54, 1.807) is 0 Å². The highest BCUT2D eigenvalue weighted by atomic mass is 16.1. The van der Waals surface area contributed by atoms with Crippen molar-refractivity contribution >= 4 is 6.29 Å². The SMILES string of the molecule is Cc1cc(C=O)c(C2(CN)CCCC2)cc1C. The Morgan fingerprint density at radius 3 is 2.35 bits per heavy atom. The maximum absolute atomic E-state index is 11.3. The van der Waals surface area contributed by atoms with Gasteiger partial charge >= 0.3 is 0 Å². The van der Waals surface area contributed by atoms with Gasteiger partial charge in [-0.05, 0) is 49.4 Å². The van der Waals surface area contributed by atoms with E-state index in [-0.39, 0.29) is 5.41 Å². The lowest BCUT2D eigenvalue weighted by Gasteiger charge is -2.30. The summed E-state index contributed by atoms with van der Waals surface area (Å²) in [7, 11) is 0. The Hall–Kier alpha value is -1.15. The predicted octanol–water partition coefficient (Wildman–Crippen LogP) is 2.89. The molecule has 0 spiro atoms. The largest absolute Gasteiger partial charge is 0.330 e. The average molecular weight is 231 g/mol. The second-order valence-corrected chi connectivity index (χ2v) is 5.33. The molecule has 2 heteroatoms. The summed E-state index contributed by atoms with van der Waals surface area (Å²) in [5, 5.41) is 0. The lowest BCUT2D eigenvalue weighted by molar-refractivity contribution is 0.112. The number of carbonyl (C=O) groups is 1. The van der Waals surface area contributed by atoms with Gasteiger partial charge in [0.1, 0.15) is 6.29 Å². The van der Waals surface area contributed by atoms with E-state index in [0.29, 0.717) is 6.54 Å². The van der Waals surface area contributed by atoms with Crippen LogP contribution in [0, 0.1) is 13.8 Å². The second kappa shape index (κ2) is 4.61. The molecule has 0 unspecified atom stereocenters. The normalized spacial score (nSPS) is 18.3. The summed E-state index contributed by atoms with van der Waals surface area (Å²) in [5.41, 5.74) is 10.5. The molecule has 0 aliphatic heterocycles. The van der Waals surface area contributed by atoms with Crippen molar-refractivity contribution in [2.75, 3.05) is 6.54 Å². The molecule has 0 amide bonds. The Morgan fingerprint density at radius 2 is 1.82 bits per heavy atom. The van der Waals surface area contributed by atoms with Gasteiger partial charge < -0.3 is 5.73 Å². The fourth-order valence-electron chi connectivity index (χ4n) is 3.03. The summed E-state index contributed by atoms with van der Waals surface area (Å²) in [4.78, 5) is 11.3. The summed E-state index contributed by atoms with van der Waals surface area (Å²) < 4.78 is 0. The van der Waals surface area contributed by atoms with Gasteiger partial charge in [-0.25, -0.2) is 0 Å². The van der Waals surface area contributed by atoms with Gasteiger partial charge in [-0.15, -0.1) is 0 Å². The molecule has 1 aliphatic rings. The Labute approximate surface area is 103 Å². The van der Waals surface area contributed by atoms with Gasteiger partial charge in [-0.2, -0.15) is 0 Å². The van der Waals surface area contributed by atoms with Crippen molar-refractivity contribution in [2.45, 2.75) is 44.9 Å². The smallest absolute Gasteiger partial charge is 0.150 e. The third-order valence-electron chi connectivity index (χ3n) is 4.32. The first-order chi connectivity index (χ1) is 8.13. The monoisotopic (exact) mass is 231 g/mol. The number of hydrogen-bond acceptors (Lipinski definition) is 2. The van der Waals surface area contributed by atoms with E-state index in [0.717, 1.165) is 24.7 Å². The van der Waals surface area contributed by atoms with E-state index in [2.05, 4.69) is 19.9 Å². The molecule has 2 N–H and O–H groups in total. The number of rotatable bonds is 3. The first-order valence-corrected chi connectivity index (χ1v) is 6.40. The Bertz CT molecular complexity index is 431. The molecular formula is C15H21NO. The number of nitrogens with two attached hydrogens (primary N) is 1. The van der Waals surface area contributed by atoms with E-state index >= 15 is 0 Å². The number of hydrogen-bond donors (Lipinski definition) is 1. The van der Waals surface area contributed by atoms with Crippen molar-refractivity contribution in [3.8, 4) is 0 Å². The molecule has 2 rings (SSSR count). The fourth-order valence-corrected chi connectivity index (χ4v) is 3.03. The molecule has 0 bridgehead atoms. The molecule has 92 valence electrons. The Balaban J connectivity index is 2.56. The molecule has 0 aromatic heterocycles. The summed E-state index contributed by atoms with van der Waals surface area (Å²) in [5.74, 6) is 0. The molecule has 17 heavy (non-hydrogen) atoms. The Kier molecular flexibility index (Phi) is 3.34. The van der Waals surface area contributed by atoms with Gasteiger partial charge in [-0.3, -0.25) is 4.79 Å². The molecule has 0 radical (unpaired) electrons. The minimum atomic E-state index is 0.0503. The zero-order valence-corrected chi connectivity index (χ0v) is 10.8. The van der Waals surface area contributed by atoms with Crippen LogP contribution in [-0.2, 0) is 5.41 Å². The van der Waals surface area contributed by atoms with E-state index in [9.17, 15) is 4.79 Å². The van der Waals surface area contributed by atoms with Crippen LogP contribution in [0.5, 0.6) is 0 Å². The predicted molar refractivity (Wildman–Crippen MR) is 70.5 cm³/mol. The number of benzene rings is 1. The molecule has 1 saturated carbocycles. The van der Waals surface area contributed by atoms with E-state index < -0.39 is 0 Å². The Morgan fingerprint density at radius 1 is 1.24 bits per heavy atom. The standard InChI is InChI=1S/C15H21NO/c1-11-7-13(9-17)14(8-12(11)2)15(10-16)5-3-4-6-15/h7-9H,3-6,10,16H2,1-2H3. The van der Waals surface area contributed by atoms with Crippen LogP contribution in [0.15, 0.2) is 12.1 Å². The van der Waals surface area contributed by atoms with Gasteiger partial charge in [0.2, 0.25) is 0 Å². The molecule has 0 saturated heterocycles. The topological polar surface area (TPSA) is 43.1 Å². The van der Waals surface area contributed by atoms with Crippen molar-refractivity contribution in [3.63, 3.8) is 0 Å². The quantitative estimate of drug-likeness (QED) is 0.813. The van der Waals surface area contributed by atoms with Crippen LogP contribution < -0.4 is 5.73 Å². The first-order valence-electron chi connectivity index (χ1n) is 6.40. The van der Waals surface area contributed by atoms with Gasteiger partial charge in [0.25, 0.3) is 0 Å². The molecule has 2 nitrogen and oxygen atoms in total. The van der Waals surface area contributed by atoms with Crippen molar-refractivity contribution in [3.05, 3.63) is 34.4 Å². The minimum Gasteiger partial charge on any atom is -0.330 e. The van der Waals surface area contributed by atoms with Crippen LogP contribution in [-0.4, -0.2) is 12.8 Å². The van der Waals surface area contributed by atoms with Gasteiger partial charge in [-0.1, -0.05) is 18.9 Å². The van der Waals surface area contributed by atoms with Gasteiger partial charge in [0, 0.05) is 17.5 Å². The highest BCUT2D eigenvalue weighted by molar-refractivity contribution is 5.79. The molecule has 0 heterocycles. The minimum absolute atomic E-state index is 0.0503. The maximum Gasteiger partial charge on any atom is 0.150 e. The van der Waals surface area contributed by atoms with Crippen LogP contribution in [0.4, 0.5) is 0 Å². The summed E-state index contributed by atoms with van der Waals surface area (Å²) in [6.45, 7) is 4.80. The van der Waals surface area contributed by atoms with Crippen LogP contribution in [0.3, 0.4) is 0 Å². The maximum atomic E-state index is 11.3. The van der Waals surface area contributed by atoms with Crippen LogP contribution in [0.2, 0.25) is 0 Å². The molecule has 1 aliphatic carbocycles. The lowest BCUT2D eigenvalue weighted by Crippen LogP contribution is -2.33. The van der Waals surface area contributed by atoms with E-state index in [1.165, 1.54) is 29.5 Å². The van der Waals surface area contributed by atoms with Crippen LogP contribution in [0.1, 0.15) is 52.7 Å². The molecule has 1 aromatic rings. The molecular weight excluding hydrogens is 210 g/mol. The van der Waals surface area contributed by atoms with Crippen molar-refractivity contribution in [2.24, 2.45) is 5.73 Å². The summed E-state index contributed by atoms with van der Waals surface area (Å²) in [6.07, 6.45) is 5.67. The van der Waals surface area contributed by atoms with Gasteiger partial charge in [0.15, 0.2) is 0 Å². The van der Waals surface area contributed by atoms with Crippen LogP contribution in [0.25, 0.3) is 0 Å². The number of aldehydes is 1. The van der Waals surface area contributed by atoms with Crippen molar-refractivity contribution in [1.82, 2.24) is 0 Å². The van der Waals surface area contributed by atoms with Crippen molar-refractivity contribution < 1.29 is 4.79 Å². The molecule has 0 atom stereocenters. The number of carbonyl (C=O) groups excluding carboxylic acids is 1. The molecule has 1 fully saturated rings. The third kappa shape index (κ3) is 2.02. The van der Waals surface area contributed by atoms with E-state index in [1.807, 2.05) is 6.07 Å². The highest BCUT2D eigenvalue weighted by Gasteiger charge is 2.36. The van der Waals surface area contributed by atoms with Crippen LogP contribution >= 0.6 is 0 Å². The van der Waals surface area contributed by atoms with E-state index in [4.69, 9.17) is 5.73 Å². The third-order valence-corrected chi connectivity index (χ3v) is 4.32. The number of aryl methyl sites for hydroxylation is 2. The highest BCUT2D eigenvalue weighted by Crippen LogP contribution is 2.42. The lowest BCUT2D eigenvalue weighted by atomic mass is 9.76. The second-order valence-electron chi connectivity index (χ2n) is 5.33. The zero-order chi connectivity index (χ0) is 12.5. The fraction of sp³-hybridized carbons (Fsp3) is 0.533. The first kappa shape index (κ1) is 12.3. The average Bonchev–Trinajstić information content (AvgIpc) is 2.82. The molecule has 1 aromatic carbocycles. The van der Waals surface area contributed by atoms with Crippen molar-refractivity contribution in [1.29, 1.82) is 0 Å². The summed E-state index contributed by atoms with van der Waals surface area (Å²) in [6, 6.07) is 4.19.